The lowest BCUT2D eigenvalue weighted by Gasteiger charge is -2.26. The van der Waals surface area contributed by atoms with Crippen molar-refractivity contribution in [1.82, 2.24) is 0 Å². The standard InChI is InChI=1S/C10H21BO2/c1-8(2)11(12-9(3)4)13-10(5,6)7/h9H,1H2,2-7H3. The number of hydrogen-bond donors (Lipinski definition) is 0. The van der Waals surface area contributed by atoms with E-state index < -0.39 is 0 Å². The third-order valence-electron chi connectivity index (χ3n) is 1.26. The molecule has 0 N–H and O–H groups in total. The molecule has 13 heavy (non-hydrogen) atoms. The van der Waals surface area contributed by atoms with Crippen LogP contribution in [0.4, 0.5) is 0 Å². The fourth-order valence-electron chi connectivity index (χ4n) is 0.813. The molecule has 0 bridgehead atoms. The summed E-state index contributed by atoms with van der Waals surface area (Å²) in [4.78, 5) is 0. The van der Waals surface area contributed by atoms with Gasteiger partial charge in [0.1, 0.15) is 0 Å². The summed E-state index contributed by atoms with van der Waals surface area (Å²) in [5, 5.41) is 0. The van der Waals surface area contributed by atoms with Crippen LogP contribution in [0.3, 0.4) is 0 Å². The molecular formula is C10H21BO2. The molecular weight excluding hydrogens is 163 g/mol. The smallest absolute Gasteiger partial charge is 0.405 e. The number of rotatable bonds is 4. The first-order valence-electron chi connectivity index (χ1n) is 4.71. The molecule has 0 aliphatic heterocycles. The SMILES string of the molecule is C=C(C)B(OC(C)C)OC(C)(C)C. The summed E-state index contributed by atoms with van der Waals surface area (Å²) < 4.78 is 11.3. The van der Waals surface area contributed by atoms with E-state index in [1.807, 2.05) is 41.5 Å². The first-order valence-corrected chi connectivity index (χ1v) is 4.71. The van der Waals surface area contributed by atoms with Crippen LogP contribution in [-0.4, -0.2) is 18.8 Å². The summed E-state index contributed by atoms with van der Waals surface area (Å²) in [5.41, 5.74) is 0.710. The van der Waals surface area contributed by atoms with E-state index in [9.17, 15) is 0 Å². The molecule has 0 aromatic rings. The maximum Gasteiger partial charge on any atom is 0.489 e. The van der Waals surface area contributed by atoms with Gasteiger partial charge in [-0.15, -0.1) is 6.58 Å². The molecule has 2 nitrogen and oxygen atoms in total. The second kappa shape index (κ2) is 4.82. The van der Waals surface area contributed by atoms with Crippen molar-refractivity contribution in [1.29, 1.82) is 0 Å². The highest BCUT2D eigenvalue weighted by atomic mass is 16.6. The summed E-state index contributed by atoms with van der Waals surface area (Å²) in [7, 11) is -0.292. The van der Waals surface area contributed by atoms with Gasteiger partial charge in [0.25, 0.3) is 0 Å². The summed E-state index contributed by atoms with van der Waals surface area (Å²) in [5.74, 6) is 0. The van der Waals surface area contributed by atoms with Crippen molar-refractivity contribution < 1.29 is 9.31 Å². The van der Waals surface area contributed by atoms with Crippen LogP contribution in [0, 0.1) is 0 Å². The molecule has 0 amide bonds. The van der Waals surface area contributed by atoms with Crippen molar-refractivity contribution in [3.63, 3.8) is 0 Å². The maximum atomic E-state index is 5.69. The molecule has 76 valence electrons. The molecule has 0 aromatic carbocycles. The van der Waals surface area contributed by atoms with Crippen LogP contribution in [0.25, 0.3) is 0 Å². The van der Waals surface area contributed by atoms with E-state index in [1.54, 1.807) is 0 Å². The monoisotopic (exact) mass is 184 g/mol. The maximum absolute atomic E-state index is 5.69. The molecule has 0 radical (unpaired) electrons. The highest BCUT2D eigenvalue weighted by Gasteiger charge is 2.26. The Morgan fingerprint density at radius 1 is 1.31 bits per heavy atom. The Morgan fingerprint density at radius 3 is 2.00 bits per heavy atom. The van der Waals surface area contributed by atoms with Gasteiger partial charge in [0.05, 0.1) is 0 Å². The van der Waals surface area contributed by atoms with Gasteiger partial charge in [-0.25, -0.2) is 0 Å². The summed E-state index contributed by atoms with van der Waals surface area (Å²) in [6.07, 6.45) is 0.157. The largest absolute Gasteiger partial charge is 0.489 e. The van der Waals surface area contributed by atoms with E-state index in [1.165, 1.54) is 0 Å². The van der Waals surface area contributed by atoms with E-state index in [4.69, 9.17) is 9.31 Å². The first-order chi connectivity index (χ1) is 5.72. The zero-order chi connectivity index (χ0) is 10.6. The van der Waals surface area contributed by atoms with Crippen LogP contribution in [0.2, 0.25) is 0 Å². The molecule has 0 saturated carbocycles. The van der Waals surface area contributed by atoms with Gasteiger partial charge < -0.3 is 9.31 Å². The molecule has 0 aliphatic rings. The van der Waals surface area contributed by atoms with Gasteiger partial charge in [-0.3, -0.25) is 0 Å². The fourth-order valence-corrected chi connectivity index (χ4v) is 0.813. The molecule has 0 rings (SSSR count). The second-order valence-corrected chi connectivity index (χ2v) is 4.59. The minimum absolute atomic E-state index is 0.157. The lowest BCUT2D eigenvalue weighted by Crippen LogP contribution is -2.36. The molecule has 0 aromatic heterocycles. The van der Waals surface area contributed by atoms with Gasteiger partial charge in [0.15, 0.2) is 0 Å². The Hall–Kier alpha value is -0.275. The van der Waals surface area contributed by atoms with E-state index in [0.717, 1.165) is 5.47 Å². The molecule has 0 aliphatic carbocycles. The molecule has 3 heteroatoms. The molecule has 0 fully saturated rings. The minimum Gasteiger partial charge on any atom is -0.405 e. The second-order valence-electron chi connectivity index (χ2n) is 4.59. The lowest BCUT2D eigenvalue weighted by atomic mass is 9.79. The lowest BCUT2D eigenvalue weighted by molar-refractivity contribution is 0.0732. The minimum atomic E-state index is -0.292. The van der Waals surface area contributed by atoms with E-state index in [-0.39, 0.29) is 18.8 Å². The van der Waals surface area contributed by atoms with Gasteiger partial charge in [-0.2, -0.15) is 0 Å². The van der Waals surface area contributed by atoms with Gasteiger partial charge in [0, 0.05) is 11.7 Å². The molecule has 0 saturated heterocycles. The average molecular weight is 184 g/mol. The molecule has 0 atom stereocenters. The Morgan fingerprint density at radius 2 is 1.77 bits per heavy atom. The molecule has 0 unspecified atom stereocenters. The van der Waals surface area contributed by atoms with Crippen molar-refractivity contribution >= 4 is 7.12 Å². The van der Waals surface area contributed by atoms with Gasteiger partial charge in [-0.1, -0.05) is 5.47 Å². The average Bonchev–Trinajstić information content (AvgIpc) is 1.81. The normalized spacial score (nSPS) is 11.9. The third-order valence-corrected chi connectivity index (χ3v) is 1.26. The van der Waals surface area contributed by atoms with Crippen LogP contribution >= 0.6 is 0 Å². The highest BCUT2D eigenvalue weighted by molar-refractivity contribution is 6.53. The molecule has 0 spiro atoms. The van der Waals surface area contributed by atoms with Crippen LogP contribution < -0.4 is 0 Å². The number of allylic oxidation sites excluding steroid dienone is 1. The quantitative estimate of drug-likeness (QED) is 0.625. The highest BCUT2D eigenvalue weighted by Crippen LogP contribution is 2.14. The van der Waals surface area contributed by atoms with Gasteiger partial charge in [-0.05, 0) is 41.5 Å². The Kier molecular flexibility index (Phi) is 4.72. The summed E-state index contributed by atoms with van der Waals surface area (Å²) >= 11 is 0. The van der Waals surface area contributed by atoms with Crippen molar-refractivity contribution in [3.8, 4) is 0 Å². The summed E-state index contributed by atoms with van der Waals surface area (Å²) in [6.45, 7) is 15.8. The van der Waals surface area contributed by atoms with Crippen LogP contribution in [0.15, 0.2) is 12.1 Å². The first kappa shape index (κ1) is 12.7. The fraction of sp³-hybridized carbons (Fsp3) is 0.800. The zero-order valence-electron chi connectivity index (χ0n) is 9.68. The third kappa shape index (κ3) is 6.85. The van der Waals surface area contributed by atoms with Crippen LogP contribution in [0.1, 0.15) is 41.5 Å². The van der Waals surface area contributed by atoms with E-state index >= 15 is 0 Å². The predicted octanol–water partition coefficient (Wildman–Crippen LogP) is 2.83. The van der Waals surface area contributed by atoms with Crippen molar-refractivity contribution in [2.75, 3.05) is 0 Å². The van der Waals surface area contributed by atoms with Gasteiger partial charge >= 0.3 is 7.12 Å². The van der Waals surface area contributed by atoms with Crippen molar-refractivity contribution in [2.24, 2.45) is 0 Å². The Balaban J connectivity index is 4.19. The number of hydrogen-bond acceptors (Lipinski definition) is 2. The predicted molar refractivity (Wildman–Crippen MR) is 57.6 cm³/mol. The summed E-state index contributed by atoms with van der Waals surface area (Å²) in [6, 6.07) is 0. The van der Waals surface area contributed by atoms with Crippen molar-refractivity contribution in [2.45, 2.75) is 53.2 Å². The van der Waals surface area contributed by atoms with Crippen molar-refractivity contribution in [3.05, 3.63) is 12.1 Å². The van der Waals surface area contributed by atoms with Crippen LogP contribution in [-0.2, 0) is 9.31 Å². The van der Waals surface area contributed by atoms with Crippen LogP contribution in [0.5, 0.6) is 0 Å². The molecule has 0 heterocycles. The zero-order valence-corrected chi connectivity index (χ0v) is 9.68. The van der Waals surface area contributed by atoms with E-state index in [0.29, 0.717) is 0 Å². The Labute approximate surface area is 82.5 Å². The van der Waals surface area contributed by atoms with Gasteiger partial charge in [0.2, 0.25) is 0 Å². The van der Waals surface area contributed by atoms with E-state index in [2.05, 4.69) is 6.58 Å². The topological polar surface area (TPSA) is 18.5 Å². The Bertz CT molecular complexity index is 170.